The molecule has 1 aliphatic rings. The fourth-order valence-electron chi connectivity index (χ4n) is 2.76. The average Bonchev–Trinajstić information content (AvgIpc) is 3.00. The van der Waals surface area contributed by atoms with E-state index < -0.39 is 0 Å². The van der Waals surface area contributed by atoms with Gasteiger partial charge in [-0.2, -0.15) is 0 Å². The van der Waals surface area contributed by atoms with E-state index >= 15 is 0 Å². The fourth-order valence-corrected chi connectivity index (χ4v) is 2.76. The van der Waals surface area contributed by atoms with Gasteiger partial charge in [-0.05, 0) is 36.4 Å². The van der Waals surface area contributed by atoms with Crippen LogP contribution >= 0.6 is 0 Å². The number of rotatable bonds is 6. The number of carbonyl (C=O) groups excluding carboxylic acids is 2. The van der Waals surface area contributed by atoms with Gasteiger partial charge in [0.05, 0.1) is 0 Å². The molecule has 1 fully saturated rings. The second kappa shape index (κ2) is 7.79. The van der Waals surface area contributed by atoms with Gasteiger partial charge in [0, 0.05) is 31.1 Å². The Morgan fingerprint density at radius 1 is 1.16 bits per heavy atom. The molecular formula is C19H19FN2O3. The van der Waals surface area contributed by atoms with Gasteiger partial charge < -0.3 is 15.0 Å². The Morgan fingerprint density at radius 2 is 1.88 bits per heavy atom. The van der Waals surface area contributed by atoms with Crippen LogP contribution in [0.3, 0.4) is 0 Å². The molecule has 0 spiro atoms. The summed E-state index contributed by atoms with van der Waals surface area (Å²) in [5.74, 6) is 0.0787. The summed E-state index contributed by atoms with van der Waals surface area (Å²) < 4.78 is 18.4. The molecule has 6 heteroatoms. The van der Waals surface area contributed by atoms with E-state index in [0.29, 0.717) is 30.9 Å². The molecule has 2 aromatic carbocycles. The lowest BCUT2D eigenvalue weighted by Crippen LogP contribution is -2.34. The van der Waals surface area contributed by atoms with Crippen LogP contribution < -0.4 is 15.0 Å². The van der Waals surface area contributed by atoms with Crippen LogP contribution in [0.4, 0.5) is 10.1 Å². The van der Waals surface area contributed by atoms with Crippen LogP contribution in [0.25, 0.3) is 0 Å². The van der Waals surface area contributed by atoms with E-state index in [2.05, 4.69) is 5.32 Å². The van der Waals surface area contributed by atoms with Crippen molar-refractivity contribution in [1.82, 2.24) is 5.32 Å². The molecule has 25 heavy (non-hydrogen) atoms. The van der Waals surface area contributed by atoms with Crippen molar-refractivity contribution < 1.29 is 18.7 Å². The number of carbonyl (C=O) groups is 2. The van der Waals surface area contributed by atoms with Crippen molar-refractivity contribution >= 4 is 17.5 Å². The number of nitrogens with one attached hydrogen (secondary N) is 1. The molecule has 1 atom stereocenters. The molecule has 0 unspecified atom stereocenters. The summed E-state index contributed by atoms with van der Waals surface area (Å²) in [7, 11) is 0. The number of hydrogen-bond acceptors (Lipinski definition) is 3. The number of hydrogen-bond donors (Lipinski definition) is 1. The summed E-state index contributed by atoms with van der Waals surface area (Å²) in [4.78, 5) is 25.6. The first-order valence-electron chi connectivity index (χ1n) is 8.12. The maximum Gasteiger partial charge on any atom is 0.257 e. The molecule has 1 aliphatic heterocycles. The lowest BCUT2D eigenvalue weighted by molar-refractivity contribution is -0.123. The number of benzene rings is 2. The fraction of sp³-hybridized carbons (Fsp3) is 0.263. The third-order valence-electron chi connectivity index (χ3n) is 4.04. The topological polar surface area (TPSA) is 58.6 Å². The van der Waals surface area contributed by atoms with Crippen LogP contribution in [0.2, 0.25) is 0 Å². The second-order valence-corrected chi connectivity index (χ2v) is 5.96. The number of anilines is 1. The third-order valence-corrected chi connectivity index (χ3v) is 4.04. The highest BCUT2D eigenvalue weighted by Crippen LogP contribution is 2.24. The van der Waals surface area contributed by atoms with E-state index in [0.717, 1.165) is 0 Å². The SMILES string of the molecule is O=C(COc1ccccc1)NC[C@@H]1CC(=O)N(c2ccc(F)cc2)C1. The Labute approximate surface area is 145 Å². The van der Waals surface area contributed by atoms with Crippen LogP contribution in [0.1, 0.15) is 6.42 Å². The zero-order valence-electron chi connectivity index (χ0n) is 13.7. The first-order chi connectivity index (χ1) is 12.1. The van der Waals surface area contributed by atoms with E-state index in [9.17, 15) is 14.0 Å². The highest BCUT2D eigenvalue weighted by atomic mass is 19.1. The van der Waals surface area contributed by atoms with Crippen molar-refractivity contribution in [3.8, 4) is 5.75 Å². The first kappa shape index (κ1) is 17.0. The smallest absolute Gasteiger partial charge is 0.257 e. The number of amides is 2. The molecule has 0 saturated carbocycles. The van der Waals surface area contributed by atoms with Gasteiger partial charge in [0.2, 0.25) is 5.91 Å². The molecule has 0 aromatic heterocycles. The molecule has 0 bridgehead atoms. The summed E-state index contributed by atoms with van der Waals surface area (Å²) in [5.41, 5.74) is 0.674. The summed E-state index contributed by atoms with van der Waals surface area (Å²) in [6, 6.07) is 14.9. The van der Waals surface area contributed by atoms with E-state index in [1.165, 1.54) is 12.1 Å². The van der Waals surface area contributed by atoms with Crippen LogP contribution in [0, 0.1) is 11.7 Å². The van der Waals surface area contributed by atoms with E-state index in [4.69, 9.17) is 4.74 Å². The van der Waals surface area contributed by atoms with Crippen LogP contribution in [0.15, 0.2) is 54.6 Å². The Bertz CT molecular complexity index is 734. The predicted molar refractivity (Wildman–Crippen MR) is 91.8 cm³/mol. The monoisotopic (exact) mass is 342 g/mol. The molecule has 3 rings (SSSR count). The van der Waals surface area contributed by atoms with Crippen LogP contribution in [-0.4, -0.2) is 31.5 Å². The van der Waals surface area contributed by atoms with Crippen LogP contribution in [-0.2, 0) is 9.59 Å². The minimum absolute atomic E-state index is 0.0219. The number of ether oxygens (including phenoxy) is 1. The maximum atomic E-state index is 13.0. The van der Waals surface area contributed by atoms with E-state index in [1.54, 1.807) is 29.2 Å². The third kappa shape index (κ3) is 4.56. The van der Waals surface area contributed by atoms with Crippen molar-refractivity contribution in [2.45, 2.75) is 6.42 Å². The summed E-state index contributed by atoms with van der Waals surface area (Å²) in [6.45, 7) is 0.844. The predicted octanol–water partition coefficient (Wildman–Crippen LogP) is 2.37. The number of para-hydroxylation sites is 1. The Kier molecular flexibility index (Phi) is 5.28. The van der Waals surface area contributed by atoms with Gasteiger partial charge in [0.25, 0.3) is 5.91 Å². The zero-order chi connectivity index (χ0) is 17.6. The first-order valence-corrected chi connectivity index (χ1v) is 8.12. The standard InChI is InChI=1S/C19H19FN2O3/c20-15-6-8-16(9-7-15)22-12-14(10-19(22)24)11-21-18(23)13-25-17-4-2-1-3-5-17/h1-9,14H,10-13H2,(H,21,23)/t14-/m0/s1. The highest BCUT2D eigenvalue weighted by molar-refractivity contribution is 5.95. The normalized spacial score (nSPS) is 16.8. The van der Waals surface area contributed by atoms with Gasteiger partial charge in [-0.3, -0.25) is 9.59 Å². The molecule has 2 aromatic rings. The van der Waals surface area contributed by atoms with Gasteiger partial charge in [-0.15, -0.1) is 0 Å². The molecule has 1 saturated heterocycles. The Hall–Kier alpha value is -2.89. The summed E-state index contributed by atoms with van der Waals surface area (Å²) in [6.07, 6.45) is 0.358. The largest absolute Gasteiger partial charge is 0.484 e. The average molecular weight is 342 g/mol. The Morgan fingerprint density at radius 3 is 2.60 bits per heavy atom. The molecule has 1 heterocycles. The molecule has 130 valence electrons. The van der Waals surface area contributed by atoms with Crippen molar-refractivity contribution in [1.29, 1.82) is 0 Å². The lowest BCUT2D eigenvalue weighted by Gasteiger charge is -2.17. The summed E-state index contributed by atoms with van der Waals surface area (Å²) >= 11 is 0. The molecule has 5 nitrogen and oxygen atoms in total. The molecular weight excluding hydrogens is 323 g/mol. The van der Waals surface area contributed by atoms with Gasteiger partial charge in [0.1, 0.15) is 11.6 Å². The highest BCUT2D eigenvalue weighted by Gasteiger charge is 2.30. The Balaban J connectivity index is 1.45. The van der Waals surface area contributed by atoms with Gasteiger partial charge in [-0.25, -0.2) is 4.39 Å². The van der Waals surface area contributed by atoms with Crippen molar-refractivity contribution in [2.75, 3.05) is 24.6 Å². The molecule has 0 radical (unpaired) electrons. The van der Waals surface area contributed by atoms with Crippen molar-refractivity contribution in [2.24, 2.45) is 5.92 Å². The number of halogens is 1. The molecule has 0 aliphatic carbocycles. The minimum Gasteiger partial charge on any atom is -0.484 e. The zero-order valence-corrected chi connectivity index (χ0v) is 13.7. The maximum absolute atomic E-state index is 13.0. The summed E-state index contributed by atoms with van der Waals surface area (Å²) in [5, 5.41) is 2.79. The lowest BCUT2D eigenvalue weighted by atomic mass is 10.1. The minimum atomic E-state index is -0.336. The molecule has 1 N–H and O–H groups in total. The van der Waals surface area contributed by atoms with Crippen molar-refractivity contribution in [3.05, 3.63) is 60.4 Å². The van der Waals surface area contributed by atoms with Gasteiger partial charge in [-0.1, -0.05) is 18.2 Å². The van der Waals surface area contributed by atoms with Gasteiger partial charge in [0.15, 0.2) is 6.61 Å². The van der Waals surface area contributed by atoms with Crippen molar-refractivity contribution in [3.63, 3.8) is 0 Å². The van der Waals surface area contributed by atoms with Crippen LogP contribution in [0.5, 0.6) is 5.75 Å². The van der Waals surface area contributed by atoms with Gasteiger partial charge >= 0.3 is 0 Å². The van der Waals surface area contributed by atoms with E-state index in [1.807, 2.05) is 18.2 Å². The quantitative estimate of drug-likeness (QED) is 0.877. The molecule has 2 amide bonds. The van der Waals surface area contributed by atoms with E-state index in [-0.39, 0.29) is 30.2 Å². The second-order valence-electron chi connectivity index (χ2n) is 5.96. The number of nitrogens with zero attached hydrogens (tertiary/aromatic N) is 1.